The van der Waals surface area contributed by atoms with E-state index in [1.54, 1.807) is 44.4 Å². The van der Waals surface area contributed by atoms with Crippen LogP contribution in [0.15, 0.2) is 52.2 Å². The lowest BCUT2D eigenvalue weighted by molar-refractivity contribution is 0.0951. The summed E-state index contributed by atoms with van der Waals surface area (Å²) in [5.41, 5.74) is 1.82. The molecule has 0 saturated heterocycles. The van der Waals surface area contributed by atoms with E-state index in [1.807, 2.05) is 0 Å². The number of carbonyl (C=O) groups excluding carboxylic acids is 1. The Morgan fingerprint density at radius 3 is 2.73 bits per heavy atom. The van der Waals surface area contributed by atoms with Gasteiger partial charge in [0.15, 0.2) is 0 Å². The van der Waals surface area contributed by atoms with Crippen LogP contribution in [-0.2, 0) is 13.5 Å². The molecule has 11 heteroatoms. The van der Waals surface area contributed by atoms with Gasteiger partial charge in [0.25, 0.3) is 11.5 Å². The van der Waals surface area contributed by atoms with Gasteiger partial charge in [0.1, 0.15) is 17.9 Å². The van der Waals surface area contributed by atoms with Crippen LogP contribution in [0.1, 0.15) is 22.1 Å². The Morgan fingerprint density at radius 1 is 1.18 bits per heavy atom. The van der Waals surface area contributed by atoms with Crippen molar-refractivity contribution in [1.82, 2.24) is 35.0 Å². The monoisotopic (exact) mass is 447 g/mol. The Morgan fingerprint density at radius 2 is 2.03 bits per heavy atom. The summed E-state index contributed by atoms with van der Waals surface area (Å²) in [6.45, 7) is 1.96. The van der Waals surface area contributed by atoms with Gasteiger partial charge in [-0.05, 0) is 24.3 Å². The SMILES string of the molecule is COc1cc(-c2noc(C)n2)ccc1C(=O)NCCc1nc(-c2ccncn2)cc(=O)n1C. The number of ether oxygens (including phenoxy) is 1. The standard InChI is InChI=1S/C22H21N7O4/c1-13-26-21(28-33-13)14-4-5-15(18(10-14)32-3)22(31)24-9-7-19-27-17(11-20(30)29(19)2)16-6-8-23-12-25-16/h4-6,8,10-12H,7,9H2,1-3H3,(H,24,31). The molecule has 0 fully saturated rings. The number of nitrogens with one attached hydrogen (secondary N) is 1. The minimum absolute atomic E-state index is 0.214. The van der Waals surface area contributed by atoms with Crippen molar-refractivity contribution < 1.29 is 14.1 Å². The quantitative estimate of drug-likeness (QED) is 0.447. The van der Waals surface area contributed by atoms with Gasteiger partial charge in [0.05, 0.1) is 24.1 Å². The molecule has 0 saturated carbocycles. The van der Waals surface area contributed by atoms with Crippen molar-refractivity contribution in [2.45, 2.75) is 13.3 Å². The highest BCUT2D eigenvalue weighted by molar-refractivity contribution is 5.97. The molecule has 3 heterocycles. The van der Waals surface area contributed by atoms with Gasteiger partial charge in [-0.1, -0.05) is 5.16 Å². The molecule has 0 atom stereocenters. The Bertz CT molecular complexity index is 1350. The lowest BCUT2D eigenvalue weighted by atomic mass is 10.1. The molecule has 1 N–H and O–H groups in total. The van der Waals surface area contributed by atoms with Crippen molar-refractivity contribution in [1.29, 1.82) is 0 Å². The van der Waals surface area contributed by atoms with Crippen molar-refractivity contribution in [2.24, 2.45) is 7.05 Å². The van der Waals surface area contributed by atoms with Gasteiger partial charge in [-0.15, -0.1) is 0 Å². The second-order valence-electron chi connectivity index (χ2n) is 7.11. The number of carbonyl (C=O) groups is 1. The third-order valence-corrected chi connectivity index (χ3v) is 4.94. The van der Waals surface area contributed by atoms with E-state index in [2.05, 4.69) is 30.4 Å². The summed E-state index contributed by atoms with van der Waals surface area (Å²) in [7, 11) is 3.12. The van der Waals surface area contributed by atoms with Gasteiger partial charge in [-0.2, -0.15) is 4.98 Å². The van der Waals surface area contributed by atoms with Gasteiger partial charge in [-0.25, -0.2) is 15.0 Å². The second kappa shape index (κ2) is 9.39. The predicted octanol–water partition coefficient (Wildman–Crippen LogP) is 1.58. The van der Waals surface area contributed by atoms with Gasteiger partial charge in [0, 0.05) is 44.8 Å². The zero-order chi connectivity index (χ0) is 23.4. The number of aryl methyl sites for hydroxylation is 1. The summed E-state index contributed by atoms with van der Waals surface area (Å²) in [6, 6.07) is 8.13. The van der Waals surface area contributed by atoms with E-state index in [-0.39, 0.29) is 18.0 Å². The maximum atomic E-state index is 12.8. The molecule has 0 aliphatic rings. The molecule has 0 aliphatic carbocycles. The molecule has 0 bridgehead atoms. The van der Waals surface area contributed by atoms with E-state index in [9.17, 15) is 9.59 Å². The molecule has 11 nitrogen and oxygen atoms in total. The van der Waals surface area contributed by atoms with E-state index < -0.39 is 0 Å². The summed E-state index contributed by atoms with van der Waals surface area (Å²) in [5, 5.41) is 6.72. The first kappa shape index (κ1) is 21.8. The van der Waals surface area contributed by atoms with Crippen molar-refractivity contribution in [3.63, 3.8) is 0 Å². The molecule has 0 radical (unpaired) electrons. The second-order valence-corrected chi connectivity index (χ2v) is 7.11. The first-order valence-corrected chi connectivity index (χ1v) is 10.1. The van der Waals surface area contributed by atoms with E-state index in [1.165, 1.54) is 24.1 Å². The average molecular weight is 447 g/mol. The van der Waals surface area contributed by atoms with Crippen LogP contribution in [0.5, 0.6) is 5.75 Å². The van der Waals surface area contributed by atoms with Gasteiger partial charge >= 0.3 is 0 Å². The maximum Gasteiger partial charge on any atom is 0.255 e. The summed E-state index contributed by atoms with van der Waals surface area (Å²) in [4.78, 5) is 41.8. The number of hydrogen-bond donors (Lipinski definition) is 1. The minimum atomic E-state index is -0.320. The molecule has 0 unspecified atom stereocenters. The minimum Gasteiger partial charge on any atom is -0.496 e. The molecule has 0 spiro atoms. The molecule has 4 aromatic rings. The normalized spacial score (nSPS) is 10.8. The summed E-state index contributed by atoms with van der Waals surface area (Å²) in [5.74, 6) is 1.43. The van der Waals surface area contributed by atoms with E-state index in [0.717, 1.165) is 0 Å². The van der Waals surface area contributed by atoms with Crippen molar-refractivity contribution in [3.05, 3.63) is 70.5 Å². The Labute approximate surface area is 188 Å². The van der Waals surface area contributed by atoms with E-state index in [4.69, 9.17) is 9.26 Å². The number of rotatable bonds is 7. The van der Waals surface area contributed by atoms with E-state index in [0.29, 0.717) is 52.2 Å². The number of benzene rings is 1. The highest BCUT2D eigenvalue weighted by Gasteiger charge is 2.16. The lowest BCUT2D eigenvalue weighted by Gasteiger charge is -2.12. The van der Waals surface area contributed by atoms with Crippen LogP contribution in [0, 0.1) is 6.92 Å². The maximum absolute atomic E-state index is 12.8. The first-order valence-electron chi connectivity index (χ1n) is 10.1. The molecular weight excluding hydrogens is 426 g/mol. The van der Waals surface area contributed by atoms with Crippen LogP contribution in [-0.4, -0.2) is 49.2 Å². The largest absolute Gasteiger partial charge is 0.496 e. The summed E-state index contributed by atoms with van der Waals surface area (Å²) < 4.78 is 11.8. The highest BCUT2D eigenvalue weighted by atomic mass is 16.5. The van der Waals surface area contributed by atoms with Crippen LogP contribution in [0.4, 0.5) is 0 Å². The van der Waals surface area contributed by atoms with Crippen LogP contribution < -0.4 is 15.6 Å². The Kier molecular flexibility index (Phi) is 6.20. The third-order valence-electron chi connectivity index (χ3n) is 4.94. The third kappa shape index (κ3) is 4.76. The molecule has 3 aromatic heterocycles. The summed E-state index contributed by atoms with van der Waals surface area (Å²) in [6.07, 6.45) is 3.33. The van der Waals surface area contributed by atoms with Crippen LogP contribution in [0.2, 0.25) is 0 Å². The van der Waals surface area contributed by atoms with Gasteiger partial charge in [-0.3, -0.25) is 14.2 Å². The number of aromatic nitrogens is 6. The molecule has 168 valence electrons. The molecule has 33 heavy (non-hydrogen) atoms. The van der Waals surface area contributed by atoms with Gasteiger partial charge in [0.2, 0.25) is 11.7 Å². The highest BCUT2D eigenvalue weighted by Crippen LogP contribution is 2.25. The molecule has 4 rings (SSSR count). The fraction of sp³-hybridized carbons (Fsp3) is 0.227. The summed E-state index contributed by atoms with van der Waals surface area (Å²) >= 11 is 0. The van der Waals surface area contributed by atoms with Crippen molar-refractivity contribution in [2.75, 3.05) is 13.7 Å². The zero-order valence-corrected chi connectivity index (χ0v) is 18.3. The molecule has 1 amide bonds. The van der Waals surface area contributed by atoms with Crippen molar-refractivity contribution in [3.8, 4) is 28.5 Å². The topological polar surface area (TPSA) is 138 Å². The average Bonchev–Trinajstić information content (AvgIpc) is 3.28. The predicted molar refractivity (Wildman–Crippen MR) is 118 cm³/mol. The number of amides is 1. The fourth-order valence-electron chi connectivity index (χ4n) is 3.20. The fourth-order valence-corrected chi connectivity index (χ4v) is 3.20. The number of nitrogens with zero attached hydrogens (tertiary/aromatic N) is 6. The Balaban J connectivity index is 1.47. The van der Waals surface area contributed by atoms with Crippen LogP contribution >= 0.6 is 0 Å². The first-order chi connectivity index (χ1) is 16.0. The molecule has 0 aliphatic heterocycles. The van der Waals surface area contributed by atoms with Crippen molar-refractivity contribution >= 4 is 5.91 Å². The molecular formula is C22H21N7O4. The Hall–Kier alpha value is -4.41. The lowest BCUT2D eigenvalue weighted by Crippen LogP contribution is -2.29. The molecule has 1 aromatic carbocycles. The number of hydrogen-bond acceptors (Lipinski definition) is 9. The van der Waals surface area contributed by atoms with Crippen LogP contribution in [0.3, 0.4) is 0 Å². The van der Waals surface area contributed by atoms with Gasteiger partial charge < -0.3 is 14.6 Å². The van der Waals surface area contributed by atoms with Crippen LogP contribution in [0.25, 0.3) is 22.8 Å². The number of methoxy groups -OCH3 is 1. The zero-order valence-electron chi connectivity index (χ0n) is 18.3. The smallest absolute Gasteiger partial charge is 0.255 e. The van der Waals surface area contributed by atoms with E-state index >= 15 is 0 Å².